The molecule has 1 fully saturated rings. The lowest BCUT2D eigenvalue weighted by molar-refractivity contribution is -0.119. The second-order valence-corrected chi connectivity index (χ2v) is 9.18. The Hall–Kier alpha value is -2.77. The number of aromatic amines is 1. The van der Waals surface area contributed by atoms with Gasteiger partial charge in [0, 0.05) is 41.3 Å². The minimum absolute atomic E-state index is 0.160. The zero-order chi connectivity index (χ0) is 21.8. The van der Waals surface area contributed by atoms with Gasteiger partial charge in [-0.15, -0.1) is 0 Å². The molecule has 5 rings (SSSR count). The Morgan fingerprint density at radius 1 is 1.29 bits per heavy atom. The summed E-state index contributed by atoms with van der Waals surface area (Å²) in [6.45, 7) is 11.4. The van der Waals surface area contributed by atoms with Gasteiger partial charge in [0.05, 0.1) is 37.0 Å². The van der Waals surface area contributed by atoms with Gasteiger partial charge in [-0.2, -0.15) is 0 Å². The SMILES string of the molecule is CC(=O)CN1Cc2c(N3CCOC[C@H]3C)nc(-c3cccc4[nH]ccc34)nc2C1(C)C. The first kappa shape index (κ1) is 20.2. The third kappa shape index (κ3) is 3.32. The van der Waals surface area contributed by atoms with E-state index in [0.717, 1.165) is 45.9 Å². The fourth-order valence-corrected chi connectivity index (χ4v) is 4.86. The van der Waals surface area contributed by atoms with Crippen LogP contribution in [-0.4, -0.2) is 58.0 Å². The van der Waals surface area contributed by atoms with Crippen molar-refractivity contribution in [2.45, 2.75) is 45.8 Å². The van der Waals surface area contributed by atoms with Gasteiger partial charge in [-0.25, -0.2) is 9.97 Å². The van der Waals surface area contributed by atoms with Crippen LogP contribution >= 0.6 is 0 Å². The quantitative estimate of drug-likeness (QED) is 0.698. The highest BCUT2D eigenvalue weighted by atomic mass is 16.5. The summed E-state index contributed by atoms with van der Waals surface area (Å²) in [5.41, 5.74) is 3.88. The van der Waals surface area contributed by atoms with E-state index in [0.29, 0.717) is 26.3 Å². The van der Waals surface area contributed by atoms with Gasteiger partial charge in [-0.05, 0) is 39.8 Å². The number of Topliss-reactive ketones (excluding diaryl/α,β-unsaturated/α-hetero) is 1. The second kappa shape index (κ2) is 7.43. The third-order valence-corrected chi connectivity index (χ3v) is 6.59. The van der Waals surface area contributed by atoms with E-state index >= 15 is 0 Å². The van der Waals surface area contributed by atoms with Gasteiger partial charge in [-0.1, -0.05) is 12.1 Å². The summed E-state index contributed by atoms with van der Waals surface area (Å²) in [7, 11) is 0. The van der Waals surface area contributed by atoms with Crippen molar-refractivity contribution in [2.75, 3.05) is 31.2 Å². The average Bonchev–Trinajstić information content (AvgIpc) is 3.30. The summed E-state index contributed by atoms with van der Waals surface area (Å²) in [4.78, 5) is 30.1. The molecule has 0 aliphatic carbocycles. The number of fused-ring (bicyclic) bond motifs is 2. The van der Waals surface area contributed by atoms with Gasteiger partial charge >= 0.3 is 0 Å². The molecule has 2 aromatic heterocycles. The zero-order valence-corrected chi connectivity index (χ0v) is 18.6. The van der Waals surface area contributed by atoms with Crippen LogP contribution < -0.4 is 4.90 Å². The molecule has 4 heterocycles. The first-order valence-corrected chi connectivity index (χ1v) is 10.9. The van der Waals surface area contributed by atoms with Crippen LogP contribution in [0.5, 0.6) is 0 Å². The minimum atomic E-state index is -0.352. The zero-order valence-electron chi connectivity index (χ0n) is 18.6. The molecule has 0 amide bonds. The smallest absolute Gasteiger partial charge is 0.162 e. The molecule has 3 aromatic rings. The number of H-pyrrole nitrogens is 1. The molecular formula is C24H29N5O2. The van der Waals surface area contributed by atoms with Gasteiger partial charge in [0.1, 0.15) is 11.6 Å². The van der Waals surface area contributed by atoms with E-state index in [1.165, 1.54) is 0 Å². The number of carbonyl (C=O) groups excluding carboxylic acids is 1. The molecule has 1 aromatic carbocycles. The number of rotatable bonds is 4. The van der Waals surface area contributed by atoms with Crippen molar-refractivity contribution >= 4 is 22.5 Å². The average molecular weight is 420 g/mol. The number of nitrogens with one attached hydrogen (secondary N) is 1. The van der Waals surface area contributed by atoms with Gasteiger partial charge in [-0.3, -0.25) is 9.69 Å². The first-order valence-electron chi connectivity index (χ1n) is 10.9. The van der Waals surface area contributed by atoms with Gasteiger partial charge < -0.3 is 14.6 Å². The number of ether oxygens (including phenoxy) is 1. The number of hydrogen-bond acceptors (Lipinski definition) is 6. The maximum absolute atomic E-state index is 12.0. The van der Waals surface area contributed by atoms with Crippen LogP contribution in [0.3, 0.4) is 0 Å². The van der Waals surface area contributed by atoms with E-state index in [4.69, 9.17) is 14.7 Å². The van der Waals surface area contributed by atoms with Crippen molar-refractivity contribution in [2.24, 2.45) is 0 Å². The second-order valence-electron chi connectivity index (χ2n) is 9.18. The molecule has 0 saturated carbocycles. The summed E-state index contributed by atoms with van der Waals surface area (Å²) >= 11 is 0. The normalized spacial score (nSPS) is 20.9. The largest absolute Gasteiger partial charge is 0.377 e. The van der Waals surface area contributed by atoms with E-state index in [1.807, 2.05) is 12.3 Å². The molecule has 2 aliphatic rings. The summed E-state index contributed by atoms with van der Waals surface area (Å²) in [6, 6.07) is 8.49. The minimum Gasteiger partial charge on any atom is -0.377 e. The Bertz CT molecular complexity index is 1150. The van der Waals surface area contributed by atoms with Gasteiger partial charge in [0.25, 0.3) is 0 Å². The maximum Gasteiger partial charge on any atom is 0.162 e. The lowest BCUT2D eigenvalue weighted by Crippen LogP contribution is -2.44. The highest BCUT2D eigenvalue weighted by Gasteiger charge is 2.42. The van der Waals surface area contributed by atoms with Gasteiger partial charge in [0.2, 0.25) is 0 Å². The Labute approximate surface area is 182 Å². The van der Waals surface area contributed by atoms with Crippen molar-refractivity contribution in [1.82, 2.24) is 19.9 Å². The lowest BCUT2D eigenvalue weighted by Gasteiger charge is -2.35. The number of hydrogen-bond donors (Lipinski definition) is 1. The van der Waals surface area contributed by atoms with Crippen LogP contribution in [0.2, 0.25) is 0 Å². The molecule has 0 radical (unpaired) electrons. The molecule has 0 spiro atoms. The predicted octanol–water partition coefficient (Wildman–Crippen LogP) is 3.49. The number of morpholine rings is 1. The van der Waals surface area contributed by atoms with Crippen molar-refractivity contribution < 1.29 is 9.53 Å². The van der Waals surface area contributed by atoms with E-state index in [1.54, 1.807) is 6.92 Å². The number of ketones is 1. The number of aromatic nitrogens is 3. The molecule has 162 valence electrons. The molecule has 1 saturated heterocycles. The number of benzene rings is 1. The Balaban J connectivity index is 1.71. The van der Waals surface area contributed by atoms with Crippen LogP contribution in [0, 0.1) is 0 Å². The predicted molar refractivity (Wildman–Crippen MR) is 121 cm³/mol. The number of anilines is 1. The summed E-state index contributed by atoms with van der Waals surface area (Å²) in [6.07, 6.45) is 1.95. The molecule has 0 unspecified atom stereocenters. The number of carbonyl (C=O) groups is 1. The number of nitrogens with zero attached hydrogens (tertiary/aromatic N) is 4. The van der Waals surface area contributed by atoms with Crippen molar-refractivity contribution in [3.8, 4) is 11.4 Å². The topological polar surface area (TPSA) is 74.3 Å². The van der Waals surface area contributed by atoms with Crippen molar-refractivity contribution in [3.63, 3.8) is 0 Å². The fourth-order valence-electron chi connectivity index (χ4n) is 4.86. The molecule has 0 bridgehead atoms. The summed E-state index contributed by atoms with van der Waals surface area (Å²) in [5.74, 6) is 1.87. The standard InChI is InChI=1S/C24H29N5O2/c1-15-14-31-11-10-29(15)23-19-13-28(12-16(2)30)24(3,4)21(19)26-22(27-23)18-6-5-7-20-17(18)8-9-25-20/h5-9,15,25H,10-14H2,1-4H3/t15-/m1/s1. The van der Waals surface area contributed by atoms with E-state index in [2.05, 4.69) is 53.8 Å². The van der Waals surface area contributed by atoms with E-state index < -0.39 is 0 Å². The van der Waals surface area contributed by atoms with Crippen LogP contribution in [-0.2, 0) is 21.6 Å². The highest BCUT2D eigenvalue weighted by molar-refractivity contribution is 5.93. The molecule has 7 nitrogen and oxygen atoms in total. The van der Waals surface area contributed by atoms with Crippen LogP contribution in [0.1, 0.15) is 39.0 Å². The maximum atomic E-state index is 12.0. The fraction of sp³-hybridized carbons (Fsp3) is 0.458. The van der Waals surface area contributed by atoms with E-state index in [-0.39, 0.29) is 17.4 Å². The molecule has 7 heteroatoms. The van der Waals surface area contributed by atoms with Crippen LogP contribution in [0.4, 0.5) is 5.82 Å². The van der Waals surface area contributed by atoms with Crippen LogP contribution in [0.25, 0.3) is 22.3 Å². The molecule has 31 heavy (non-hydrogen) atoms. The Morgan fingerprint density at radius 3 is 2.90 bits per heavy atom. The monoisotopic (exact) mass is 419 g/mol. The van der Waals surface area contributed by atoms with Gasteiger partial charge in [0.15, 0.2) is 5.82 Å². The Kier molecular flexibility index (Phi) is 4.83. The summed E-state index contributed by atoms with van der Waals surface area (Å²) < 4.78 is 5.69. The van der Waals surface area contributed by atoms with Crippen LogP contribution in [0.15, 0.2) is 30.5 Å². The molecule has 1 N–H and O–H groups in total. The lowest BCUT2D eigenvalue weighted by atomic mass is 9.98. The highest BCUT2D eigenvalue weighted by Crippen LogP contribution is 2.43. The summed E-state index contributed by atoms with van der Waals surface area (Å²) in [5, 5.41) is 1.11. The molecular weight excluding hydrogens is 390 g/mol. The molecule has 1 atom stereocenters. The Morgan fingerprint density at radius 2 is 2.13 bits per heavy atom. The van der Waals surface area contributed by atoms with Crippen molar-refractivity contribution in [1.29, 1.82) is 0 Å². The van der Waals surface area contributed by atoms with Crippen molar-refractivity contribution in [3.05, 3.63) is 41.7 Å². The first-order chi connectivity index (χ1) is 14.9. The third-order valence-electron chi connectivity index (χ3n) is 6.59. The molecule has 2 aliphatic heterocycles. The van der Waals surface area contributed by atoms with E-state index in [9.17, 15) is 4.79 Å².